The Bertz CT molecular complexity index is 183. The van der Waals surface area contributed by atoms with Gasteiger partial charge in [-0.25, -0.2) is 0 Å². The fraction of sp³-hybridized carbons (Fsp3) is 0.875. The molecule has 0 aliphatic heterocycles. The van der Waals surface area contributed by atoms with Crippen molar-refractivity contribution in [3.05, 3.63) is 0 Å². The van der Waals surface area contributed by atoms with Crippen LogP contribution >= 0.6 is 0 Å². The molecule has 0 fully saturated rings. The highest BCUT2D eigenvalue weighted by Crippen LogP contribution is 1.94. The maximum absolute atomic E-state index is 11.2. The van der Waals surface area contributed by atoms with E-state index >= 15 is 0 Å². The molecule has 78 valence electrons. The van der Waals surface area contributed by atoms with E-state index in [-0.39, 0.29) is 11.9 Å². The van der Waals surface area contributed by atoms with Crippen molar-refractivity contribution in [1.29, 1.82) is 0 Å². The van der Waals surface area contributed by atoms with Crippen LogP contribution in [0.4, 0.5) is 0 Å². The maximum Gasteiger partial charge on any atom is 0.219 e. The fourth-order valence-corrected chi connectivity index (χ4v) is 2.11. The van der Waals surface area contributed by atoms with Crippen LogP contribution in [0.2, 0.25) is 0 Å². The molecule has 0 aromatic heterocycles. The van der Waals surface area contributed by atoms with Crippen molar-refractivity contribution in [3.8, 4) is 0 Å². The second kappa shape index (κ2) is 7.03. The highest BCUT2D eigenvalue weighted by Gasteiger charge is 2.04. The molecular weight excluding hydrogens is 188 g/mol. The Hall–Kier alpha value is -0.420. The molecule has 0 heterocycles. The monoisotopic (exact) mass is 206 g/mol. The predicted octanol–water partition coefficient (Wildman–Crippen LogP) is -0.391. The van der Waals surface area contributed by atoms with Gasteiger partial charge in [-0.15, -0.1) is 0 Å². The molecule has 0 spiro atoms. The number of rotatable bonds is 6. The molecule has 0 radical (unpaired) electrons. The summed E-state index contributed by atoms with van der Waals surface area (Å²) in [4.78, 5) is 10.8. The van der Waals surface area contributed by atoms with Crippen molar-refractivity contribution in [1.82, 2.24) is 5.32 Å². The first-order valence-corrected chi connectivity index (χ1v) is 5.86. The van der Waals surface area contributed by atoms with Gasteiger partial charge >= 0.3 is 0 Å². The van der Waals surface area contributed by atoms with Crippen LogP contribution in [0, 0.1) is 0 Å². The van der Waals surface area contributed by atoms with Gasteiger partial charge in [-0.05, 0) is 13.3 Å². The Morgan fingerprint density at radius 2 is 2.23 bits per heavy atom. The lowest BCUT2D eigenvalue weighted by Gasteiger charge is -2.04. The maximum atomic E-state index is 11.2. The number of carbonyl (C=O) groups is 1. The van der Waals surface area contributed by atoms with Crippen molar-refractivity contribution in [2.75, 3.05) is 18.6 Å². The molecule has 4 nitrogen and oxygen atoms in total. The van der Waals surface area contributed by atoms with Gasteiger partial charge in [-0.2, -0.15) is 0 Å². The smallest absolute Gasteiger partial charge is 0.219 e. The first-order valence-electron chi connectivity index (χ1n) is 4.37. The molecule has 0 aliphatic rings. The Morgan fingerprint density at radius 3 is 2.69 bits per heavy atom. The van der Waals surface area contributed by atoms with Crippen LogP contribution in [0.1, 0.15) is 19.8 Å². The summed E-state index contributed by atoms with van der Waals surface area (Å²) in [5.74, 6) is 1.08. The standard InChI is InChI=1S/C8H18N2O2S/c1-7(9)6-13(12)5-3-4-8(11)10-2/h7H,3-6,9H2,1-2H3,(H,10,11). The topological polar surface area (TPSA) is 72.2 Å². The van der Waals surface area contributed by atoms with E-state index in [1.54, 1.807) is 7.05 Å². The minimum Gasteiger partial charge on any atom is -0.359 e. The first kappa shape index (κ1) is 12.6. The zero-order chi connectivity index (χ0) is 10.3. The van der Waals surface area contributed by atoms with E-state index in [0.717, 1.165) is 0 Å². The summed E-state index contributed by atoms with van der Waals surface area (Å²) in [7, 11) is 0.725. The molecule has 0 aromatic rings. The van der Waals surface area contributed by atoms with E-state index < -0.39 is 10.8 Å². The molecule has 0 saturated heterocycles. The van der Waals surface area contributed by atoms with E-state index in [2.05, 4.69) is 5.32 Å². The van der Waals surface area contributed by atoms with Gasteiger partial charge in [0.05, 0.1) is 0 Å². The molecule has 5 heteroatoms. The van der Waals surface area contributed by atoms with Crippen LogP contribution in [-0.2, 0) is 15.6 Å². The average molecular weight is 206 g/mol. The Morgan fingerprint density at radius 1 is 1.62 bits per heavy atom. The Labute approximate surface area is 81.7 Å². The van der Waals surface area contributed by atoms with Crippen LogP contribution in [0.15, 0.2) is 0 Å². The van der Waals surface area contributed by atoms with E-state index in [1.165, 1.54) is 0 Å². The van der Waals surface area contributed by atoms with E-state index in [4.69, 9.17) is 5.73 Å². The molecule has 0 rings (SSSR count). The fourth-order valence-electron chi connectivity index (χ4n) is 0.895. The molecule has 0 aromatic carbocycles. The SMILES string of the molecule is CNC(=O)CCCS(=O)CC(C)N. The number of hydrogen-bond donors (Lipinski definition) is 2. The summed E-state index contributed by atoms with van der Waals surface area (Å²) in [6.45, 7) is 1.83. The predicted molar refractivity (Wildman–Crippen MR) is 54.8 cm³/mol. The van der Waals surface area contributed by atoms with Crippen molar-refractivity contribution < 1.29 is 9.00 Å². The van der Waals surface area contributed by atoms with Crippen LogP contribution in [0.3, 0.4) is 0 Å². The highest BCUT2D eigenvalue weighted by atomic mass is 32.2. The summed E-state index contributed by atoms with van der Waals surface area (Å²) >= 11 is 0. The molecule has 1 amide bonds. The van der Waals surface area contributed by atoms with E-state index in [0.29, 0.717) is 24.3 Å². The van der Waals surface area contributed by atoms with E-state index in [1.807, 2.05) is 6.92 Å². The molecule has 0 aliphatic carbocycles. The van der Waals surface area contributed by atoms with Gasteiger partial charge in [0.2, 0.25) is 5.91 Å². The normalized spacial score (nSPS) is 15.0. The Kier molecular flexibility index (Phi) is 6.80. The average Bonchev–Trinajstić information content (AvgIpc) is 2.02. The van der Waals surface area contributed by atoms with Gasteiger partial charge in [-0.1, -0.05) is 0 Å². The summed E-state index contributed by atoms with van der Waals surface area (Å²) in [6, 6.07) is -0.0270. The third-order valence-corrected chi connectivity index (χ3v) is 3.15. The quantitative estimate of drug-likeness (QED) is 0.621. The van der Waals surface area contributed by atoms with Crippen LogP contribution in [0.25, 0.3) is 0 Å². The highest BCUT2D eigenvalue weighted by molar-refractivity contribution is 7.85. The second-order valence-electron chi connectivity index (χ2n) is 3.06. The number of nitrogens with two attached hydrogens (primary N) is 1. The third kappa shape index (κ3) is 7.93. The summed E-state index contributed by atoms with van der Waals surface area (Å²) in [6.07, 6.45) is 1.11. The first-order chi connectivity index (χ1) is 6.06. The minimum atomic E-state index is -0.874. The summed E-state index contributed by atoms with van der Waals surface area (Å²) in [5, 5.41) is 2.52. The van der Waals surface area contributed by atoms with Crippen molar-refractivity contribution >= 4 is 16.7 Å². The number of nitrogens with one attached hydrogen (secondary N) is 1. The summed E-state index contributed by atoms with van der Waals surface area (Å²) < 4.78 is 11.2. The van der Waals surface area contributed by atoms with Crippen molar-refractivity contribution in [2.45, 2.75) is 25.8 Å². The van der Waals surface area contributed by atoms with Gasteiger partial charge < -0.3 is 11.1 Å². The van der Waals surface area contributed by atoms with Crippen molar-refractivity contribution in [3.63, 3.8) is 0 Å². The molecule has 2 unspecified atom stereocenters. The minimum absolute atomic E-state index is 0.00204. The van der Waals surface area contributed by atoms with Crippen molar-refractivity contribution in [2.24, 2.45) is 5.73 Å². The van der Waals surface area contributed by atoms with Gasteiger partial charge in [0, 0.05) is 41.8 Å². The van der Waals surface area contributed by atoms with Gasteiger partial charge in [0.25, 0.3) is 0 Å². The van der Waals surface area contributed by atoms with Gasteiger partial charge in [-0.3, -0.25) is 9.00 Å². The van der Waals surface area contributed by atoms with Gasteiger partial charge in [0.1, 0.15) is 0 Å². The summed E-state index contributed by atoms with van der Waals surface area (Å²) in [5.41, 5.74) is 5.48. The zero-order valence-corrected chi connectivity index (χ0v) is 9.02. The number of carbonyl (C=O) groups excluding carboxylic acids is 1. The third-order valence-electron chi connectivity index (χ3n) is 1.50. The van der Waals surface area contributed by atoms with Crippen LogP contribution < -0.4 is 11.1 Å². The zero-order valence-electron chi connectivity index (χ0n) is 8.21. The molecule has 0 bridgehead atoms. The van der Waals surface area contributed by atoms with Crippen LogP contribution in [-0.4, -0.2) is 34.7 Å². The Balaban J connectivity index is 3.42. The lowest BCUT2D eigenvalue weighted by molar-refractivity contribution is -0.120. The second-order valence-corrected chi connectivity index (χ2v) is 4.69. The molecule has 3 N–H and O–H groups in total. The lowest BCUT2D eigenvalue weighted by Crippen LogP contribution is -2.24. The molecular formula is C8H18N2O2S. The lowest BCUT2D eigenvalue weighted by atomic mass is 10.3. The molecule has 2 atom stereocenters. The van der Waals surface area contributed by atoms with E-state index in [9.17, 15) is 9.00 Å². The number of hydrogen-bond acceptors (Lipinski definition) is 3. The molecule has 0 saturated carbocycles. The largest absolute Gasteiger partial charge is 0.359 e. The van der Waals surface area contributed by atoms with Crippen LogP contribution in [0.5, 0.6) is 0 Å². The van der Waals surface area contributed by atoms with Gasteiger partial charge in [0.15, 0.2) is 0 Å². The number of amides is 1. The molecule has 13 heavy (non-hydrogen) atoms.